The minimum Gasteiger partial charge on any atom is -0.480 e. The van der Waals surface area contributed by atoms with Crippen molar-refractivity contribution in [1.82, 2.24) is 4.90 Å². The number of methoxy groups -OCH3 is 1. The SMILES string of the molecule is COCC[C@@]12C=C[C@@H](CC1)[C@@H](C(=O)O)N2[C@H](C)c1ccccc1. The van der Waals surface area contributed by atoms with Gasteiger partial charge in [-0.05, 0) is 31.7 Å². The zero-order chi connectivity index (χ0) is 16.4. The first-order chi connectivity index (χ1) is 11.1. The molecule has 1 saturated heterocycles. The maximum atomic E-state index is 12.0. The number of aliphatic carboxylic acids is 1. The summed E-state index contributed by atoms with van der Waals surface area (Å²) in [5, 5.41) is 9.86. The van der Waals surface area contributed by atoms with Crippen molar-refractivity contribution in [2.75, 3.05) is 13.7 Å². The summed E-state index contributed by atoms with van der Waals surface area (Å²) in [4.78, 5) is 14.2. The molecule has 3 aliphatic rings. The van der Waals surface area contributed by atoms with Crippen LogP contribution in [0, 0.1) is 5.92 Å². The molecule has 1 fully saturated rings. The molecule has 23 heavy (non-hydrogen) atoms. The number of ether oxygens (including phenoxy) is 1. The molecule has 1 aromatic carbocycles. The lowest BCUT2D eigenvalue weighted by Gasteiger charge is -2.57. The van der Waals surface area contributed by atoms with Crippen LogP contribution >= 0.6 is 0 Å². The highest BCUT2D eigenvalue weighted by Crippen LogP contribution is 2.48. The van der Waals surface area contributed by atoms with Gasteiger partial charge in [-0.15, -0.1) is 0 Å². The summed E-state index contributed by atoms with van der Waals surface area (Å²) in [5.41, 5.74) is 0.944. The zero-order valence-electron chi connectivity index (χ0n) is 13.8. The minimum absolute atomic E-state index is 0.0573. The molecule has 1 aromatic rings. The highest BCUT2D eigenvalue weighted by molar-refractivity contribution is 5.75. The molecule has 4 rings (SSSR count). The van der Waals surface area contributed by atoms with Crippen LogP contribution in [-0.2, 0) is 9.53 Å². The Hall–Kier alpha value is -1.65. The Morgan fingerprint density at radius 2 is 2.17 bits per heavy atom. The highest BCUT2D eigenvalue weighted by atomic mass is 16.5. The molecule has 4 nitrogen and oxygen atoms in total. The highest BCUT2D eigenvalue weighted by Gasteiger charge is 2.52. The number of hydrogen-bond donors (Lipinski definition) is 1. The van der Waals surface area contributed by atoms with E-state index >= 15 is 0 Å². The molecule has 1 N–H and O–H groups in total. The fraction of sp³-hybridized carbons (Fsp3) is 0.526. The summed E-state index contributed by atoms with van der Waals surface area (Å²) in [6.45, 7) is 2.76. The van der Waals surface area contributed by atoms with Crippen molar-refractivity contribution in [2.24, 2.45) is 5.92 Å². The van der Waals surface area contributed by atoms with E-state index in [9.17, 15) is 9.90 Å². The molecular weight excluding hydrogens is 290 g/mol. The number of fused-ring (bicyclic) bond motifs is 2. The van der Waals surface area contributed by atoms with Crippen LogP contribution in [0.15, 0.2) is 42.5 Å². The van der Waals surface area contributed by atoms with Crippen molar-refractivity contribution < 1.29 is 14.6 Å². The minimum atomic E-state index is -0.719. The predicted molar refractivity (Wildman–Crippen MR) is 89.2 cm³/mol. The van der Waals surface area contributed by atoms with Gasteiger partial charge in [0.15, 0.2) is 0 Å². The number of rotatable bonds is 6. The van der Waals surface area contributed by atoms with Crippen LogP contribution in [0.25, 0.3) is 0 Å². The first-order valence-electron chi connectivity index (χ1n) is 8.33. The number of benzene rings is 1. The molecule has 2 heterocycles. The Morgan fingerprint density at radius 1 is 1.43 bits per heavy atom. The van der Waals surface area contributed by atoms with Gasteiger partial charge in [0.1, 0.15) is 6.04 Å². The molecule has 4 atom stereocenters. The van der Waals surface area contributed by atoms with Crippen LogP contribution in [-0.4, -0.2) is 41.3 Å². The lowest BCUT2D eigenvalue weighted by atomic mass is 9.69. The van der Waals surface area contributed by atoms with Gasteiger partial charge in [-0.2, -0.15) is 0 Å². The van der Waals surface area contributed by atoms with E-state index in [4.69, 9.17) is 4.74 Å². The summed E-state index contributed by atoms with van der Waals surface area (Å²) in [6, 6.07) is 9.79. The zero-order valence-corrected chi connectivity index (χ0v) is 13.8. The summed E-state index contributed by atoms with van der Waals surface area (Å²) in [6.07, 6.45) is 7.12. The van der Waals surface area contributed by atoms with E-state index in [1.54, 1.807) is 7.11 Å². The average Bonchev–Trinajstić information content (AvgIpc) is 2.60. The standard InChI is InChI=1S/C19H25NO3/c1-14(15-6-4-3-5-7-15)20-17(18(21)22)16-8-10-19(20,11-9-16)12-13-23-2/h3-8,10,14,16-17H,9,11-13H2,1-2H3,(H,21,22)/t14-,16+,17+,19-/m1/s1. The van der Waals surface area contributed by atoms with Gasteiger partial charge >= 0.3 is 5.97 Å². The molecule has 2 aliphatic heterocycles. The number of carboxylic acid groups (broad SMARTS) is 1. The van der Waals surface area contributed by atoms with E-state index in [-0.39, 0.29) is 17.5 Å². The molecule has 0 amide bonds. The third kappa shape index (κ3) is 2.81. The maximum Gasteiger partial charge on any atom is 0.321 e. The van der Waals surface area contributed by atoms with Crippen molar-refractivity contribution in [2.45, 2.75) is 43.8 Å². The topological polar surface area (TPSA) is 49.8 Å². The van der Waals surface area contributed by atoms with Crippen molar-refractivity contribution in [3.8, 4) is 0 Å². The summed E-state index contributed by atoms with van der Waals surface area (Å²) in [5.74, 6) is -0.619. The third-order valence-corrected chi connectivity index (χ3v) is 5.48. The fourth-order valence-corrected chi connectivity index (χ4v) is 4.30. The molecule has 124 valence electrons. The van der Waals surface area contributed by atoms with E-state index in [0.717, 1.165) is 24.8 Å². The Bertz CT molecular complexity index is 586. The normalized spacial score (nSPS) is 31.2. The molecule has 4 heteroatoms. The molecule has 2 bridgehead atoms. The summed E-state index contributed by atoms with van der Waals surface area (Å²) in [7, 11) is 1.70. The number of carboxylic acids is 1. The van der Waals surface area contributed by atoms with Crippen LogP contribution in [0.4, 0.5) is 0 Å². The van der Waals surface area contributed by atoms with Crippen LogP contribution in [0.1, 0.15) is 37.8 Å². The maximum absolute atomic E-state index is 12.0. The summed E-state index contributed by atoms with van der Waals surface area (Å²) >= 11 is 0. The third-order valence-electron chi connectivity index (χ3n) is 5.48. The first kappa shape index (κ1) is 16.2. The predicted octanol–water partition coefficient (Wildman–Crippen LogP) is 3.26. The monoisotopic (exact) mass is 315 g/mol. The first-order valence-corrected chi connectivity index (χ1v) is 8.33. The van der Waals surface area contributed by atoms with E-state index in [0.29, 0.717) is 6.61 Å². The molecule has 0 unspecified atom stereocenters. The van der Waals surface area contributed by atoms with Crippen LogP contribution in [0.2, 0.25) is 0 Å². The van der Waals surface area contributed by atoms with Crippen LogP contribution in [0.5, 0.6) is 0 Å². The molecule has 1 aliphatic carbocycles. The van der Waals surface area contributed by atoms with E-state index in [1.807, 2.05) is 18.2 Å². The number of piperidine rings is 1. The van der Waals surface area contributed by atoms with Crippen LogP contribution in [0.3, 0.4) is 0 Å². The second kappa shape index (κ2) is 6.46. The molecule has 0 aromatic heterocycles. The van der Waals surface area contributed by atoms with Gasteiger partial charge in [-0.25, -0.2) is 0 Å². The van der Waals surface area contributed by atoms with Crippen molar-refractivity contribution in [3.05, 3.63) is 48.0 Å². The van der Waals surface area contributed by atoms with Gasteiger partial charge in [0, 0.05) is 31.2 Å². The summed E-state index contributed by atoms with van der Waals surface area (Å²) < 4.78 is 5.31. The van der Waals surface area contributed by atoms with Gasteiger partial charge in [0.2, 0.25) is 0 Å². The number of hydrogen-bond acceptors (Lipinski definition) is 3. The smallest absolute Gasteiger partial charge is 0.321 e. The lowest BCUT2D eigenvalue weighted by molar-refractivity contribution is -0.155. The van der Waals surface area contributed by atoms with Crippen molar-refractivity contribution in [1.29, 1.82) is 0 Å². The van der Waals surface area contributed by atoms with Crippen molar-refractivity contribution >= 4 is 5.97 Å². The van der Waals surface area contributed by atoms with Crippen molar-refractivity contribution in [3.63, 3.8) is 0 Å². The van der Waals surface area contributed by atoms with Gasteiger partial charge < -0.3 is 9.84 Å². The second-order valence-corrected chi connectivity index (χ2v) is 6.69. The quantitative estimate of drug-likeness (QED) is 0.819. The van der Waals surface area contributed by atoms with Gasteiger partial charge in [-0.3, -0.25) is 9.69 Å². The second-order valence-electron chi connectivity index (χ2n) is 6.69. The Labute approximate surface area is 137 Å². The lowest BCUT2D eigenvalue weighted by Crippen LogP contribution is -2.64. The van der Waals surface area contributed by atoms with Gasteiger partial charge in [-0.1, -0.05) is 42.5 Å². The molecule has 0 radical (unpaired) electrons. The largest absolute Gasteiger partial charge is 0.480 e. The molecule has 0 spiro atoms. The Kier molecular flexibility index (Phi) is 4.55. The van der Waals surface area contributed by atoms with Crippen LogP contribution < -0.4 is 0 Å². The Balaban J connectivity index is 2.00. The Morgan fingerprint density at radius 3 is 2.74 bits per heavy atom. The fourth-order valence-electron chi connectivity index (χ4n) is 4.30. The molecular formula is C19H25NO3. The van der Waals surface area contributed by atoms with E-state index in [2.05, 4.69) is 36.1 Å². The van der Waals surface area contributed by atoms with Gasteiger partial charge in [0.25, 0.3) is 0 Å². The average molecular weight is 315 g/mol. The number of nitrogens with zero attached hydrogens (tertiary/aromatic N) is 1. The van der Waals surface area contributed by atoms with E-state index < -0.39 is 12.0 Å². The molecule has 0 saturated carbocycles. The van der Waals surface area contributed by atoms with Gasteiger partial charge in [0.05, 0.1) is 0 Å². The number of carbonyl (C=O) groups is 1. The van der Waals surface area contributed by atoms with E-state index in [1.165, 1.54) is 0 Å².